The molecule has 2 heterocycles. The topological polar surface area (TPSA) is 100 Å². The Balaban J connectivity index is 1.54. The zero-order chi connectivity index (χ0) is 25.1. The second-order valence-corrected chi connectivity index (χ2v) is 8.77. The average Bonchev–Trinajstić information content (AvgIpc) is 3.31. The second-order valence-electron chi connectivity index (χ2n) is 8.77. The molecule has 1 fully saturated rings. The predicted octanol–water partition coefficient (Wildman–Crippen LogP) is 5.03. The number of anilines is 1. The van der Waals surface area contributed by atoms with E-state index in [2.05, 4.69) is 4.90 Å². The zero-order valence-corrected chi connectivity index (χ0v) is 19.2. The van der Waals surface area contributed by atoms with Gasteiger partial charge in [-0.1, -0.05) is 24.3 Å². The van der Waals surface area contributed by atoms with Gasteiger partial charge in [-0.25, -0.2) is 18.4 Å². The van der Waals surface area contributed by atoms with E-state index >= 15 is 0 Å². The van der Waals surface area contributed by atoms with Crippen molar-refractivity contribution in [3.8, 4) is 0 Å². The van der Waals surface area contributed by atoms with Gasteiger partial charge in [0.15, 0.2) is 0 Å². The van der Waals surface area contributed by atoms with Crippen molar-refractivity contribution >= 4 is 17.7 Å². The van der Waals surface area contributed by atoms with Gasteiger partial charge in [0.25, 0.3) is 0 Å². The van der Waals surface area contributed by atoms with E-state index in [1.807, 2.05) is 0 Å². The number of carbonyl (C=O) groups excluding carboxylic acids is 1. The van der Waals surface area contributed by atoms with Gasteiger partial charge >= 0.3 is 12.0 Å². The largest absolute Gasteiger partial charge is 0.477 e. The molecule has 1 unspecified atom stereocenters. The van der Waals surface area contributed by atoms with Crippen molar-refractivity contribution in [3.63, 3.8) is 0 Å². The van der Waals surface area contributed by atoms with Crippen LogP contribution in [0.2, 0.25) is 0 Å². The van der Waals surface area contributed by atoms with Crippen molar-refractivity contribution in [1.29, 1.82) is 0 Å². The van der Waals surface area contributed by atoms with Crippen LogP contribution < -0.4 is 10.6 Å². The number of halogens is 2. The summed E-state index contributed by atoms with van der Waals surface area (Å²) in [6.45, 7) is 3.03. The van der Waals surface area contributed by atoms with Crippen LogP contribution in [0.4, 0.5) is 19.3 Å². The Morgan fingerprint density at radius 3 is 1.97 bits per heavy atom. The molecule has 184 valence electrons. The van der Waals surface area contributed by atoms with E-state index in [0.717, 1.165) is 30.2 Å². The van der Waals surface area contributed by atoms with Crippen LogP contribution in [0.5, 0.6) is 0 Å². The first-order chi connectivity index (χ1) is 16.8. The normalized spacial score (nSPS) is 15.8. The Labute approximate surface area is 201 Å². The number of furan rings is 1. The van der Waals surface area contributed by atoms with Crippen LogP contribution in [0.3, 0.4) is 0 Å². The van der Waals surface area contributed by atoms with Crippen LogP contribution in [0, 0.1) is 17.6 Å². The molecule has 1 aromatic heterocycles. The van der Waals surface area contributed by atoms with E-state index in [0.29, 0.717) is 13.1 Å². The molecule has 4 rings (SSSR count). The van der Waals surface area contributed by atoms with E-state index in [1.165, 1.54) is 35.4 Å². The molecule has 0 aliphatic carbocycles. The lowest BCUT2D eigenvalue weighted by Gasteiger charge is -2.42. The molecular formula is C26H27F2N3O4. The number of carboxylic acids is 1. The Morgan fingerprint density at radius 2 is 1.51 bits per heavy atom. The third-order valence-electron chi connectivity index (χ3n) is 6.77. The molecule has 9 heteroatoms. The van der Waals surface area contributed by atoms with Crippen LogP contribution in [0.15, 0.2) is 65.5 Å². The van der Waals surface area contributed by atoms with E-state index in [1.54, 1.807) is 31.2 Å². The second kappa shape index (κ2) is 10.3. The van der Waals surface area contributed by atoms with Crippen LogP contribution >= 0.6 is 0 Å². The molecule has 1 aliphatic heterocycles. The Morgan fingerprint density at radius 1 is 1.00 bits per heavy atom. The highest BCUT2D eigenvalue weighted by atomic mass is 19.1. The third kappa shape index (κ3) is 5.19. The number of carbonyl (C=O) groups is 2. The first-order valence-corrected chi connectivity index (χ1v) is 11.4. The summed E-state index contributed by atoms with van der Waals surface area (Å²) >= 11 is 0. The molecule has 2 aromatic carbocycles. The lowest BCUT2D eigenvalue weighted by molar-refractivity contribution is 0.0696. The minimum absolute atomic E-state index is 0.0478. The lowest BCUT2D eigenvalue weighted by atomic mass is 9.76. The Hall–Kier alpha value is -3.72. The number of hydrogen-bond donors (Lipinski definition) is 2. The van der Waals surface area contributed by atoms with E-state index in [4.69, 9.17) is 10.2 Å². The van der Waals surface area contributed by atoms with Crippen LogP contribution in [-0.2, 0) is 0 Å². The minimum Gasteiger partial charge on any atom is -0.477 e. The van der Waals surface area contributed by atoms with Crippen molar-refractivity contribution in [2.45, 2.75) is 31.8 Å². The van der Waals surface area contributed by atoms with Gasteiger partial charge in [0.05, 0.1) is 11.9 Å². The number of primary amides is 1. The van der Waals surface area contributed by atoms with Crippen molar-refractivity contribution in [1.82, 2.24) is 4.90 Å². The fourth-order valence-electron chi connectivity index (χ4n) is 5.01. The monoisotopic (exact) mass is 483 g/mol. The van der Waals surface area contributed by atoms with Gasteiger partial charge in [-0.05, 0) is 61.1 Å². The summed E-state index contributed by atoms with van der Waals surface area (Å²) in [6, 6.07) is 12.0. The maximum Gasteiger partial charge on any atom is 0.341 e. The molecule has 0 bridgehead atoms. The van der Waals surface area contributed by atoms with Crippen LogP contribution in [0.1, 0.15) is 47.2 Å². The zero-order valence-electron chi connectivity index (χ0n) is 19.2. The highest BCUT2D eigenvalue weighted by Crippen LogP contribution is 2.39. The van der Waals surface area contributed by atoms with Gasteiger partial charge in [0.2, 0.25) is 0 Å². The summed E-state index contributed by atoms with van der Waals surface area (Å²) in [4.78, 5) is 27.1. The van der Waals surface area contributed by atoms with Gasteiger partial charge in [0, 0.05) is 19.0 Å². The molecule has 2 amide bonds. The molecule has 3 aromatic rings. The molecule has 0 radical (unpaired) electrons. The van der Waals surface area contributed by atoms with Crippen molar-refractivity contribution < 1.29 is 27.9 Å². The molecule has 0 spiro atoms. The summed E-state index contributed by atoms with van der Waals surface area (Å²) < 4.78 is 32.2. The first-order valence-electron chi connectivity index (χ1n) is 11.4. The fourth-order valence-corrected chi connectivity index (χ4v) is 5.01. The molecule has 35 heavy (non-hydrogen) atoms. The van der Waals surface area contributed by atoms with Gasteiger partial charge in [-0.2, -0.15) is 0 Å². The van der Waals surface area contributed by atoms with Crippen molar-refractivity contribution in [2.24, 2.45) is 11.7 Å². The fraction of sp³-hybridized carbons (Fsp3) is 0.308. The number of nitrogens with zero attached hydrogens (tertiary/aromatic N) is 2. The van der Waals surface area contributed by atoms with Gasteiger partial charge < -0.3 is 15.3 Å². The molecule has 1 aliphatic rings. The van der Waals surface area contributed by atoms with E-state index < -0.39 is 18.2 Å². The number of nitrogens with two attached hydrogens (primary N) is 1. The van der Waals surface area contributed by atoms with Crippen molar-refractivity contribution in [2.75, 3.05) is 18.0 Å². The summed E-state index contributed by atoms with van der Waals surface area (Å²) in [5.41, 5.74) is 7.49. The summed E-state index contributed by atoms with van der Waals surface area (Å²) in [5.74, 6) is -1.70. The first kappa shape index (κ1) is 24.4. The Kier molecular flexibility index (Phi) is 7.16. The molecule has 1 saturated heterocycles. The predicted molar refractivity (Wildman–Crippen MR) is 126 cm³/mol. The summed E-state index contributed by atoms with van der Waals surface area (Å²) in [7, 11) is 0. The smallest absolute Gasteiger partial charge is 0.341 e. The maximum atomic E-state index is 13.6. The number of aromatic carboxylic acids is 1. The highest BCUT2D eigenvalue weighted by Gasteiger charge is 2.35. The molecular weight excluding hydrogens is 456 g/mol. The number of benzene rings is 2. The number of urea groups is 1. The number of hydrogen-bond acceptors (Lipinski definition) is 4. The van der Waals surface area contributed by atoms with Crippen molar-refractivity contribution in [3.05, 3.63) is 89.4 Å². The highest BCUT2D eigenvalue weighted by molar-refractivity contribution is 6.00. The molecule has 0 saturated carbocycles. The van der Waals surface area contributed by atoms with Gasteiger partial charge in [-0.15, -0.1) is 0 Å². The summed E-state index contributed by atoms with van der Waals surface area (Å²) in [5, 5.41) is 9.42. The number of piperidine rings is 1. The standard InChI is InChI=1S/C26H27F2N3O4/c1-16(31(26(29)34)23-15-35-14-22(23)25(32)33)30-12-10-19(11-13-30)24(17-2-6-20(27)7-3-17)18-4-8-21(28)9-5-18/h2-9,14-16,19,24H,10-13H2,1H3,(H2,29,34)(H,32,33). The number of likely N-dealkylation sites (tertiary alicyclic amines) is 1. The molecule has 3 N–H and O–H groups in total. The lowest BCUT2D eigenvalue weighted by Crippen LogP contribution is -2.54. The van der Waals surface area contributed by atoms with E-state index in [-0.39, 0.29) is 34.7 Å². The number of carboxylic acid groups (broad SMARTS) is 1. The molecule has 1 atom stereocenters. The maximum absolute atomic E-state index is 13.6. The summed E-state index contributed by atoms with van der Waals surface area (Å²) in [6.07, 6.45) is 3.29. The number of amides is 2. The third-order valence-corrected chi connectivity index (χ3v) is 6.77. The van der Waals surface area contributed by atoms with Gasteiger partial charge in [-0.3, -0.25) is 9.80 Å². The number of rotatable bonds is 7. The quantitative estimate of drug-likeness (QED) is 0.491. The average molecular weight is 484 g/mol. The van der Waals surface area contributed by atoms with E-state index in [9.17, 15) is 23.5 Å². The minimum atomic E-state index is -1.22. The van der Waals surface area contributed by atoms with Crippen LogP contribution in [-0.4, -0.2) is 41.3 Å². The van der Waals surface area contributed by atoms with Crippen LogP contribution in [0.25, 0.3) is 0 Å². The SMILES string of the molecule is CC(N1CCC(C(c2ccc(F)cc2)c2ccc(F)cc2)CC1)N(C(N)=O)c1cocc1C(=O)O. The van der Waals surface area contributed by atoms with Gasteiger partial charge in [0.1, 0.15) is 29.7 Å². The molecule has 7 nitrogen and oxygen atoms in total. The Bertz CT molecular complexity index is 1130.